The third kappa shape index (κ3) is 3.48. The molecule has 0 spiro atoms. The normalized spacial score (nSPS) is 19.4. The number of Topliss-reactive ketones (excluding diaryl/α,β-unsaturated/α-hetero) is 1. The molecule has 1 aromatic heterocycles. The maximum Gasteiger partial charge on any atom is 0.264 e. The van der Waals surface area contributed by atoms with Crippen molar-refractivity contribution >= 4 is 40.3 Å². The number of aliphatic hydroxyl groups is 1. The standard InChI is InChI=1S/C23H18ClNO5S/c24-15-4-5-18-17(11-15)23(28,22(27)25(18)13-16-2-1-9-31-16)12-19(26)14-3-6-20-21(10-14)30-8-7-29-20/h1-6,9-11,28H,7-8,12-13H2/t23-/m1/s1. The number of amides is 1. The predicted octanol–water partition coefficient (Wildman–Crippen LogP) is 4.18. The maximum atomic E-state index is 13.4. The van der Waals surface area contributed by atoms with Crippen LogP contribution in [0.5, 0.6) is 11.5 Å². The van der Waals surface area contributed by atoms with Gasteiger partial charge in [-0.05, 0) is 47.8 Å². The molecule has 0 aliphatic carbocycles. The highest BCUT2D eigenvalue weighted by Gasteiger charge is 2.51. The Morgan fingerprint density at radius 1 is 1.13 bits per heavy atom. The molecular formula is C23H18ClNO5S. The number of thiophene rings is 1. The van der Waals surface area contributed by atoms with Crippen molar-refractivity contribution in [2.75, 3.05) is 18.1 Å². The highest BCUT2D eigenvalue weighted by Crippen LogP contribution is 2.45. The molecule has 2 aliphatic rings. The van der Waals surface area contributed by atoms with Crippen LogP contribution in [0.2, 0.25) is 5.02 Å². The van der Waals surface area contributed by atoms with Gasteiger partial charge in [-0.2, -0.15) is 0 Å². The van der Waals surface area contributed by atoms with Crippen LogP contribution in [-0.4, -0.2) is 30.0 Å². The minimum Gasteiger partial charge on any atom is -0.486 e. The monoisotopic (exact) mass is 455 g/mol. The summed E-state index contributed by atoms with van der Waals surface area (Å²) in [5.74, 6) is 0.128. The highest BCUT2D eigenvalue weighted by atomic mass is 35.5. The first-order chi connectivity index (χ1) is 15.0. The van der Waals surface area contributed by atoms with E-state index >= 15 is 0 Å². The Bertz CT molecular complexity index is 1180. The van der Waals surface area contributed by atoms with E-state index in [0.717, 1.165) is 4.88 Å². The van der Waals surface area contributed by atoms with Crippen molar-refractivity contribution < 1.29 is 24.2 Å². The summed E-state index contributed by atoms with van der Waals surface area (Å²) < 4.78 is 11.0. The van der Waals surface area contributed by atoms with Crippen LogP contribution >= 0.6 is 22.9 Å². The molecule has 0 saturated heterocycles. The van der Waals surface area contributed by atoms with Crippen LogP contribution in [-0.2, 0) is 16.9 Å². The molecule has 158 valence electrons. The van der Waals surface area contributed by atoms with Crippen molar-refractivity contribution in [3.63, 3.8) is 0 Å². The van der Waals surface area contributed by atoms with Crippen LogP contribution < -0.4 is 14.4 Å². The van der Waals surface area contributed by atoms with E-state index in [1.165, 1.54) is 16.2 Å². The fraction of sp³-hybridized carbons (Fsp3) is 0.217. The SMILES string of the molecule is O=C(C[C@]1(O)C(=O)N(Cc2cccs2)c2ccc(Cl)cc21)c1ccc2c(c1)OCCO2. The third-order valence-corrected chi connectivity index (χ3v) is 6.56. The largest absolute Gasteiger partial charge is 0.486 e. The number of halogens is 1. The predicted molar refractivity (Wildman–Crippen MR) is 117 cm³/mol. The van der Waals surface area contributed by atoms with E-state index in [-0.39, 0.29) is 5.78 Å². The number of ketones is 1. The first kappa shape index (κ1) is 20.1. The number of fused-ring (bicyclic) bond motifs is 2. The first-order valence-electron chi connectivity index (χ1n) is 9.75. The molecule has 0 fully saturated rings. The van der Waals surface area contributed by atoms with Gasteiger partial charge >= 0.3 is 0 Å². The lowest BCUT2D eigenvalue weighted by Crippen LogP contribution is -2.41. The molecule has 0 unspecified atom stereocenters. The average molecular weight is 456 g/mol. The summed E-state index contributed by atoms with van der Waals surface area (Å²) in [6, 6.07) is 13.6. The quantitative estimate of drug-likeness (QED) is 0.584. The second-order valence-corrected chi connectivity index (χ2v) is 8.92. The summed E-state index contributed by atoms with van der Waals surface area (Å²) in [6.45, 7) is 1.16. The summed E-state index contributed by atoms with van der Waals surface area (Å²) >= 11 is 7.69. The number of nitrogens with zero attached hydrogens (tertiary/aromatic N) is 1. The topological polar surface area (TPSA) is 76.1 Å². The summed E-state index contributed by atoms with van der Waals surface area (Å²) in [7, 11) is 0. The van der Waals surface area contributed by atoms with E-state index in [1.807, 2.05) is 17.5 Å². The molecule has 2 aromatic carbocycles. The number of carbonyl (C=O) groups is 2. The Hall–Kier alpha value is -2.87. The summed E-state index contributed by atoms with van der Waals surface area (Å²) in [4.78, 5) is 28.9. The molecule has 3 heterocycles. The Morgan fingerprint density at radius 2 is 1.94 bits per heavy atom. The van der Waals surface area contributed by atoms with Gasteiger partial charge < -0.3 is 19.5 Å². The molecule has 0 saturated carbocycles. The van der Waals surface area contributed by atoms with Gasteiger partial charge in [0.15, 0.2) is 22.9 Å². The third-order valence-electron chi connectivity index (χ3n) is 5.47. The number of hydrogen-bond acceptors (Lipinski definition) is 6. The number of ether oxygens (including phenoxy) is 2. The number of carbonyl (C=O) groups excluding carboxylic acids is 2. The number of rotatable bonds is 5. The number of benzene rings is 2. The van der Waals surface area contributed by atoms with Crippen molar-refractivity contribution in [1.29, 1.82) is 0 Å². The molecular weight excluding hydrogens is 438 g/mol. The second kappa shape index (κ2) is 7.67. The van der Waals surface area contributed by atoms with Crippen molar-refractivity contribution in [1.82, 2.24) is 0 Å². The molecule has 1 N–H and O–H groups in total. The van der Waals surface area contributed by atoms with Crippen LogP contribution in [0, 0.1) is 0 Å². The van der Waals surface area contributed by atoms with Gasteiger partial charge in [-0.25, -0.2) is 0 Å². The Balaban J connectivity index is 1.48. The minimum atomic E-state index is -2.00. The van der Waals surface area contributed by atoms with E-state index in [1.54, 1.807) is 36.4 Å². The second-order valence-electron chi connectivity index (χ2n) is 7.45. The molecule has 0 radical (unpaired) electrons. The van der Waals surface area contributed by atoms with Crippen molar-refractivity contribution in [2.24, 2.45) is 0 Å². The van der Waals surface area contributed by atoms with E-state index < -0.39 is 17.9 Å². The summed E-state index contributed by atoms with van der Waals surface area (Å²) in [5.41, 5.74) is -0.763. The molecule has 3 aromatic rings. The zero-order valence-corrected chi connectivity index (χ0v) is 17.9. The fourth-order valence-corrected chi connectivity index (χ4v) is 4.82. The lowest BCUT2D eigenvalue weighted by atomic mass is 9.88. The highest BCUT2D eigenvalue weighted by molar-refractivity contribution is 7.09. The van der Waals surface area contributed by atoms with Gasteiger partial charge in [0.1, 0.15) is 13.2 Å². The average Bonchev–Trinajstić information content (AvgIpc) is 3.35. The zero-order chi connectivity index (χ0) is 21.6. The van der Waals surface area contributed by atoms with Gasteiger partial charge in [-0.3, -0.25) is 9.59 Å². The van der Waals surface area contributed by atoms with Crippen molar-refractivity contribution in [2.45, 2.75) is 18.6 Å². The van der Waals surface area contributed by atoms with Gasteiger partial charge in [0.25, 0.3) is 5.91 Å². The molecule has 31 heavy (non-hydrogen) atoms. The molecule has 1 atom stereocenters. The van der Waals surface area contributed by atoms with Crippen LogP contribution in [0.25, 0.3) is 0 Å². The molecule has 5 rings (SSSR count). The van der Waals surface area contributed by atoms with Crippen molar-refractivity contribution in [3.05, 3.63) is 74.9 Å². The number of hydrogen-bond donors (Lipinski definition) is 1. The molecule has 0 bridgehead atoms. The zero-order valence-electron chi connectivity index (χ0n) is 16.3. The smallest absolute Gasteiger partial charge is 0.264 e. The van der Waals surface area contributed by atoms with E-state index in [9.17, 15) is 14.7 Å². The lowest BCUT2D eigenvalue weighted by Gasteiger charge is -2.23. The Labute approximate surface area is 187 Å². The van der Waals surface area contributed by atoms with Crippen LogP contribution in [0.3, 0.4) is 0 Å². The van der Waals surface area contributed by atoms with Crippen LogP contribution in [0.15, 0.2) is 53.9 Å². The van der Waals surface area contributed by atoms with E-state index in [2.05, 4.69) is 0 Å². The summed E-state index contributed by atoms with van der Waals surface area (Å²) in [6.07, 6.45) is -0.403. The Morgan fingerprint density at radius 3 is 2.71 bits per heavy atom. The van der Waals surface area contributed by atoms with Gasteiger partial charge in [-0.1, -0.05) is 17.7 Å². The van der Waals surface area contributed by atoms with Crippen molar-refractivity contribution in [3.8, 4) is 11.5 Å². The van der Waals surface area contributed by atoms with Gasteiger partial charge in [-0.15, -0.1) is 11.3 Å². The summed E-state index contributed by atoms with van der Waals surface area (Å²) in [5, 5.41) is 13.8. The minimum absolute atomic E-state index is 0.311. The molecule has 6 nitrogen and oxygen atoms in total. The first-order valence-corrected chi connectivity index (χ1v) is 11.0. The van der Waals surface area contributed by atoms with Gasteiger partial charge in [0.05, 0.1) is 18.7 Å². The maximum absolute atomic E-state index is 13.4. The van der Waals surface area contributed by atoms with Crippen LogP contribution in [0.4, 0.5) is 5.69 Å². The van der Waals surface area contributed by atoms with E-state index in [0.29, 0.717) is 53.1 Å². The van der Waals surface area contributed by atoms with Crippen LogP contribution in [0.1, 0.15) is 27.2 Å². The van der Waals surface area contributed by atoms with E-state index in [4.69, 9.17) is 21.1 Å². The van der Waals surface area contributed by atoms with Gasteiger partial charge in [0.2, 0.25) is 0 Å². The Kier molecular flexibility index (Phi) is 4.97. The fourth-order valence-electron chi connectivity index (χ4n) is 3.96. The lowest BCUT2D eigenvalue weighted by molar-refractivity contribution is -0.136. The van der Waals surface area contributed by atoms with Gasteiger partial charge in [0, 0.05) is 21.0 Å². The molecule has 8 heteroatoms. The molecule has 2 aliphatic heterocycles. The number of anilines is 1. The molecule has 1 amide bonds.